The van der Waals surface area contributed by atoms with E-state index < -0.39 is 0 Å². The van der Waals surface area contributed by atoms with Gasteiger partial charge < -0.3 is 14.4 Å². The molecule has 0 unspecified atom stereocenters. The molecule has 3 atom stereocenters. The van der Waals surface area contributed by atoms with Crippen molar-refractivity contribution in [2.75, 3.05) is 20.1 Å². The first-order valence-corrected chi connectivity index (χ1v) is 13.1. The van der Waals surface area contributed by atoms with Crippen molar-refractivity contribution in [3.8, 4) is 0 Å². The molecule has 1 saturated heterocycles. The summed E-state index contributed by atoms with van der Waals surface area (Å²) in [4.78, 5) is 18.7. The second kappa shape index (κ2) is 8.85. The van der Waals surface area contributed by atoms with E-state index in [1.165, 1.54) is 54.1 Å². The van der Waals surface area contributed by atoms with Crippen LogP contribution in [-0.2, 0) is 11.2 Å². The van der Waals surface area contributed by atoms with Crippen LogP contribution in [0.3, 0.4) is 0 Å². The van der Waals surface area contributed by atoms with E-state index in [1.807, 2.05) is 0 Å². The van der Waals surface area contributed by atoms with Gasteiger partial charge in [0.15, 0.2) is 0 Å². The van der Waals surface area contributed by atoms with Crippen molar-refractivity contribution in [1.82, 2.24) is 14.4 Å². The van der Waals surface area contributed by atoms with Crippen LogP contribution in [0.15, 0.2) is 24.4 Å². The molecule has 2 aliphatic carbocycles. The van der Waals surface area contributed by atoms with Crippen molar-refractivity contribution in [3.05, 3.63) is 35.5 Å². The van der Waals surface area contributed by atoms with Crippen LogP contribution in [0.25, 0.3) is 10.9 Å². The predicted octanol–water partition coefficient (Wildman–Crippen LogP) is 5.75. The van der Waals surface area contributed by atoms with Crippen LogP contribution in [-0.4, -0.2) is 52.5 Å². The molecule has 0 spiro atoms. The Bertz CT molecular complexity index is 970. The molecule has 1 saturated carbocycles. The molecule has 0 radical (unpaired) electrons. The Kier molecular flexibility index (Phi) is 6.09. The molecule has 1 aromatic carbocycles. The monoisotopic (exact) mass is 435 g/mol. The van der Waals surface area contributed by atoms with E-state index in [1.54, 1.807) is 0 Å². The second-order valence-corrected chi connectivity index (χ2v) is 11.0. The lowest BCUT2D eigenvalue weighted by atomic mass is 9.72. The maximum atomic E-state index is 13.9. The molecule has 32 heavy (non-hydrogen) atoms. The standard InChI is InChI=1S/C28H41N3O/c1-5-14-30(22-10-7-6-8-11-22)28(32)21-15-24-23-12-9-13-25-27(23)20(18-31(25)19(2)3)16-26(24)29(4)17-21/h9,12-13,18-19,21-22,24,26H,5-8,10-11,14-17H2,1-4H3/t21-,24-,26-/m1/s1. The lowest BCUT2D eigenvalue weighted by Crippen LogP contribution is -2.53. The van der Waals surface area contributed by atoms with Crippen molar-refractivity contribution < 1.29 is 4.79 Å². The van der Waals surface area contributed by atoms with Gasteiger partial charge in [0, 0.05) is 54.2 Å². The van der Waals surface area contributed by atoms with E-state index in [-0.39, 0.29) is 5.92 Å². The quantitative estimate of drug-likeness (QED) is 0.598. The van der Waals surface area contributed by atoms with Crippen LogP contribution < -0.4 is 0 Å². The average molecular weight is 436 g/mol. The summed E-state index contributed by atoms with van der Waals surface area (Å²) in [6.45, 7) is 8.59. The van der Waals surface area contributed by atoms with Crippen LogP contribution in [0.5, 0.6) is 0 Å². The average Bonchev–Trinajstić information content (AvgIpc) is 3.18. The number of hydrogen-bond donors (Lipinski definition) is 0. The van der Waals surface area contributed by atoms with Gasteiger partial charge in [0.25, 0.3) is 0 Å². The maximum absolute atomic E-state index is 13.9. The van der Waals surface area contributed by atoms with Gasteiger partial charge in [0.2, 0.25) is 5.91 Å². The maximum Gasteiger partial charge on any atom is 0.227 e. The number of carbonyl (C=O) groups is 1. The van der Waals surface area contributed by atoms with Crippen molar-refractivity contribution in [2.24, 2.45) is 5.92 Å². The molecule has 1 amide bonds. The molecule has 2 heterocycles. The highest BCUT2D eigenvalue weighted by Gasteiger charge is 2.43. The fourth-order valence-corrected chi connectivity index (χ4v) is 7.02. The molecule has 4 heteroatoms. The van der Waals surface area contributed by atoms with E-state index >= 15 is 0 Å². The van der Waals surface area contributed by atoms with Gasteiger partial charge in [-0.25, -0.2) is 0 Å². The zero-order valence-corrected chi connectivity index (χ0v) is 20.5. The van der Waals surface area contributed by atoms with Crippen molar-refractivity contribution in [1.29, 1.82) is 0 Å². The number of carbonyl (C=O) groups excluding carboxylic acids is 1. The summed E-state index contributed by atoms with van der Waals surface area (Å²) in [5.41, 5.74) is 4.35. The zero-order chi connectivity index (χ0) is 22.4. The fraction of sp³-hybridized carbons (Fsp3) is 0.679. The summed E-state index contributed by atoms with van der Waals surface area (Å²) in [5, 5.41) is 1.47. The summed E-state index contributed by atoms with van der Waals surface area (Å²) >= 11 is 0. The smallest absolute Gasteiger partial charge is 0.227 e. The van der Waals surface area contributed by atoms with Gasteiger partial charge in [-0.1, -0.05) is 38.3 Å². The minimum absolute atomic E-state index is 0.124. The molecule has 1 aliphatic heterocycles. The molecule has 1 aromatic heterocycles. The number of aromatic nitrogens is 1. The highest BCUT2D eigenvalue weighted by Crippen LogP contribution is 2.46. The van der Waals surface area contributed by atoms with Gasteiger partial charge in [0.1, 0.15) is 0 Å². The fourth-order valence-electron chi connectivity index (χ4n) is 7.02. The summed E-state index contributed by atoms with van der Waals surface area (Å²) < 4.78 is 2.44. The minimum Gasteiger partial charge on any atom is -0.345 e. The van der Waals surface area contributed by atoms with Gasteiger partial charge in [-0.15, -0.1) is 0 Å². The van der Waals surface area contributed by atoms with Crippen LogP contribution in [0.4, 0.5) is 0 Å². The van der Waals surface area contributed by atoms with Crippen molar-refractivity contribution in [3.63, 3.8) is 0 Å². The molecular formula is C28H41N3O. The molecule has 174 valence electrons. The molecule has 0 bridgehead atoms. The van der Waals surface area contributed by atoms with E-state index in [0.717, 1.165) is 32.4 Å². The lowest BCUT2D eigenvalue weighted by Gasteiger charge is -2.46. The Hall–Kier alpha value is -1.81. The third-order valence-electron chi connectivity index (χ3n) is 8.54. The minimum atomic E-state index is 0.124. The second-order valence-electron chi connectivity index (χ2n) is 11.0. The summed E-state index contributed by atoms with van der Waals surface area (Å²) in [6, 6.07) is 8.31. The molecule has 2 aromatic rings. The van der Waals surface area contributed by atoms with Gasteiger partial charge >= 0.3 is 0 Å². The van der Waals surface area contributed by atoms with Crippen molar-refractivity contribution >= 4 is 16.8 Å². The third kappa shape index (κ3) is 3.69. The van der Waals surface area contributed by atoms with Gasteiger partial charge in [-0.05, 0) is 70.2 Å². The van der Waals surface area contributed by atoms with Crippen LogP contribution >= 0.6 is 0 Å². The molecule has 4 nitrogen and oxygen atoms in total. The van der Waals surface area contributed by atoms with E-state index in [4.69, 9.17) is 0 Å². The Morgan fingerprint density at radius 2 is 1.97 bits per heavy atom. The lowest BCUT2D eigenvalue weighted by molar-refractivity contribution is -0.141. The molecule has 0 N–H and O–H groups in total. The zero-order valence-electron chi connectivity index (χ0n) is 20.5. The highest BCUT2D eigenvalue weighted by molar-refractivity contribution is 5.89. The first-order chi connectivity index (χ1) is 15.5. The van der Waals surface area contributed by atoms with Crippen LogP contribution in [0.2, 0.25) is 0 Å². The third-order valence-corrected chi connectivity index (χ3v) is 8.54. The molecule has 3 aliphatic rings. The Balaban J connectivity index is 1.45. The van der Waals surface area contributed by atoms with Gasteiger partial charge in [-0.3, -0.25) is 4.79 Å². The molecule has 2 fully saturated rings. The molecule has 5 rings (SSSR count). The largest absolute Gasteiger partial charge is 0.345 e. The SMILES string of the molecule is CCCN(C(=O)[C@@H]1C[C@@H]2c3cccc4c3c(cn4C(C)C)C[C@H]2N(C)C1)C1CCCCC1. The number of likely N-dealkylation sites (N-methyl/N-ethyl adjacent to an activating group) is 1. The number of nitrogens with zero attached hydrogens (tertiary/aromatic N) is 3. The number of benzene rings is 1. The number of amides is 1. The Morgan fingerprint density at radius 3 is 2.69 bits per heavy atom. The Morgan fingerprint density at radius 1 is 1.19 bits per heavy atom. The number of fused-ring (bicyclic) bond motifs is 2. The van der Waals surface area contributed by atoms with Gasteiger partial charge in [-0.2, -0.15) is 0 Å². The van der Waals surface area contributed by atoms with E-state index in [2.05, 4.69) is 66.6 Å². The normalized spacial score (nSPS) is 26.5. The van der Waals surface area contributed by atoms with Gasteiger partial charge in [0.05, 0.1) is 5.92 Å². The first kappa shape index (κ1) is 22.0. The molecular weight excluding hydrogens is 394 g/mol. The summed E-state index contributed by atoms with van der Waals surface area (Å²) in [6.07, 6.45) is 11.9. The predicted molar refractivity (Wildman–Crippen MR) is 132 cm³/mol. The van der Waals surface area contributed by atoms with Crippen molar-refractivity contribution in [2.45, 2.75) is 96.2 Å². The topological polar surface area (TPSA) is 28.5 Å². The van der Waals surface area contributed by atoms with Crippen LogP contribution in [0.1, 0.15) is 88.8 Å². The number of likely N-dealkylation sites (tertiary alicyclic amines) is 1. The highest BCUT2D eigenvalue weighted by atomic mass is 16.2. The summed E-state index contributed by atoms with van der Waals surface area (Å²) in [7, 11) is 2.26. The number of rotatable bonds is 5. The Labute approximate surface area is 193 Å². The summed E-state index contributed by atoms with van der Waals surface area (Å²) in [5.74, 6) is 1.01. The van der Waals surface area contributed by atoms with Crippen LogP contribution in [0, 0.1) is 5.92 Å². The van der Waals surface area contributed by atoms with E-state index in [9.17, 15) is 4.79 Å². The first-order valence-electron chi connectivity index (χ1n) is 13.1. The number of piperidine rings is 1. The van der Waals surface area contributed by atoms with E-state index in [0.29, 0.717) is 30.0 Å². The number of hydrogen-bond acceptors (Lipinski definition) is 2.